The second-order valence-electron chi connectivity index (χ2n) is 5.43. The number of aromatic nitrogens is 2. The van der Waals surface area contributed by atoms with Crippen LogP contribution >= 0.6 is 0 Å². The van der Waals surface area contributed by atoms with Gasteiger partial charge < -0.3 is 5.32 Å². The highest BCUT2D eigenvalue weighted by molar-refractivity contribution is 5.34. The van der Waals surface area contributed by atoms with Crippen LogP contribution in [-0.2, 0) is 0 Å². The van der Waals surface area contributed by atoms with Gasteiger partial charge in [0.1, 0.15) is 11.6 Å². The van der Waals surface area contributed by atoms with Crippen LogP contribution in [0.25, 0.3) is 0 Å². The van der Waals surface area contributed by atoms with Gasteiger partial charge in [-0.2, -0.15) is 0 Å². The lowest BCUT2D eigenvalue weighted by Crippen LogP contribution is -2.35. The van der Waals surface area contributed by atoms with Gasteiger partial charge in [0.05, 0.1) is 0 Å². The van der Waals surface area contributed by atoms with Crippen molar-refractivity contribution in [2.45, 2.75) is 52.5 Å². The van der Waals surface area contributed by atoms with E-state index in [0.29, 0.717) is 6.04 Å². The number of hydrogen-bond acceptors (Lipinski definition) is 3. The zero-order chi connectivity index (χ0) is 12.3. The fraction of sp³-hybridized carbons (Fsp3) is 0.714. The highest BCUT2D eigenvalue weighted by Crippen LogP contribution is 2.31. The maximum absolute atomic E-state index is 4.44. The second-order valence-corrected chi connectivity index (χ2v) is 5.43. The van der Waals surface area contributed by atoms with Crippen LogP contribution in [0.1, 0.15) is 45.4 Å². The Hall–Kier alpha value is -1.12. The Kier molecular flexibility index (Phi) is 3.97. The fourth-order valence-electron chi connectivity index (χ4n) is 2.86. The predicted molar refractivity (Wildman–Crippen MR) is 71.0 cm³/mol. The third kappa shape index (κ3) is 3.18. The smallest absolute Gasteiger partial charge is 0.129 e. The number of nitrogens with zero attached hydrogens (tertiary/aromatic N) is 2. The molecule has 1 saturated carbocycles. The second kappa shape index (κ2) is 5.48. The molecule has 2 rings (SSSR count). The summed E-state index contributed by atoms with van der Waals surface area (Å²) in [6.45, 7) is 6.60. The van der Waals surface area contributed by atoms with Crippen LogP contribution in [0.15, 0.2) is 12.3 Å². The van der Waals surface area contributed by atoms with Gasteiger partial charge in [0, 0.05) is 12.2 Å². The molecule has 0 aliphatic heterocycles. The summed E-state index contributed by atoms with van der Waals surface area (Å²) >= 11 is 0. The van der Waals surface area contributed by atoms with Gasteiger partial charge >= 0.3 is 0 Å². The van der Waals surface area contributed by atoms with Crippen molar-refractivity contribution in [3.05, 3.63) is 18.1 Å². The fourth-order valence-corrected chi connectivity index (χ4v) is 2.86. The van der Waals surface area contributed by atoms with E-state index >= 15 is 0 Å². The van der Waals surface area contributed by atoms with Crippen LogP contribution in [0.2, 0.25) is 0 Å². The average Bonchev–Trinajstić information content (AvgIpc) is 2.29. The lowest BCUT2D eigenvalue weighted by atomic mass is 9.78. The molecule has 17 heavy (non-hydrogen) atoms. The topological polar surface area (TPSA) is 37.8 Å². The molecule has 0 bridgehead atoms. The highest BCUT2D eigenvalue weighted by Gasteiger charge is 2.27. The zero-order valence-electron chi connectivity index (χ0n) is 11.1. The minimum Gasteiger partial charge on any atom is -0.367 e. The standard InChI is InChI=1S/C14H23N3/c1-10(2)12-6-4-5-7-13(12)17-14-8-9-15-11(3)16-14/h8-10,12-13H,4-7H2,1-3H3,(H,15,16,17). The number of nitrogens with one attached hydrogen (secondary N) is 1. The number of anilines is 1. The third-order valence-corrected chi connectivity index (χ3v) is 3.79. The minimum absolute atomic E-state index is 0.582. The molecule has 2 unspecified atom stereocenters. The van der Waals surface area contributed by atoms with E-state index in [4.69, 9.17) is 0 Å². The number of aryl methyl sites for hydroxylation is 1. The summed E-state index contributed by atoms with van der Waals surface area (Å²) in [6, 6.07) is 2.55. The Balaban J connectivity index is 2.05. The van der Waals surface area contributed by atoms with E-state index in [1.165, 1.54) is 25.7 Å². The quantitative estimate of drug-likeness (QED) is 0.869. The van der Waals surface area contributed by atoms with Crippen LogP contribution in [0.3, 0.4) is 0 Å². The van der Waals surface area contributed by atoms with Crippen molar-refractivity contribution in [2.75, 3.05) is 5.32 Å². The molecule has 2 atom stereocenters. The molecule has 0 aromatic carbocycles. The first kappa shape index (κ1) is 12.3. The van der Waals surface area contributed by atoms with Crippen molar-refractivity contribution in [3.63, 3.8) is 0 Å². The summed E-state index contributed by atoms with van der Waals surface area (Å²) in [6.07, 6.45) is 7.16. The number of hydrogen-bond donors (Lipinski definition) is 1. The van der Waals surface area contributed by atoms with Crippen LogP contribution in [-0.4, -0.2) is 16.0 Å². The molecule has 0 amide bonds. The molecule has 1 heterocycles. The van der Waals surface area contributed by atoms with E-state index in [0.717, 1.165) is 23.5 Å². The van der Waals surface area contributed by atoms with E-state index in [1.54, 1.807) is 0 Å². The van der Waals surface area contributed by atoms with Crippen LogP contribution in [0.5, 0.6) is 0 Å². The molecule has 1 aliphatic rings. The summed E-state index contributed by atoms with van der Waals surface area (Å²) in [4.78, 5) is 8.57. The van der Waals surface area contributed by atoms with Gasteiger partial charge in [0.25, 0.3) is 0 Å². The Morgan fingerprint density at radius 2 is 2.06 bits per heavy atom. The highest BCUT2D eigenvalue weighted by atomic mass is 15.0. The van der Waals surface area contributed by atoms with Crippen LogP contribution in [0, 0.1) is 18.8 Å². The largest absolute Gasteiger partial charge is 0.367 e. The Morgan fingerprint density at radius 1 is 1.29 bits per heavy atom. The van der Waals surface area contributed by atoms with Gasteiger partial charge in [0.2, 0.25) is 0 Å². The minimum atomic E-state index is 0.582. The monoisotopic (exact) mass is 233 g/mol. The first-order chi connectivity index (χ1) is 8.16. The summed E-state index contributed by atoms with van der Waals surface area (Å²) in [5.74, 6) is 3.34. The van der Waals surface area contributed by atoms with E-state index in [-0.39, 0.29) is 0 Å². The molecule has 3 heteroatoms. The summed E-state index contributed by atoms with van der Waals surface area (Å²) in [7, 11) is 0. The predicted octanol–water partition coefficient (Wildman–Crippen LogP) is 3.41. The average molecular weight is 233 g/mol. The SMILES string of the molecule is Cc1nccc(NC2CCCCC2C(C)C)n1. The van der Waals surface area contributed by atoms with Crippen LogP contribution in [0.4, 0.5) is 5.82 Å². The van der Waals surface area contributed by atoms with Gasteiger partial charge in [-0.15, -0.1) is 0 Å². The lowest BCUT2D eigenvalue weighted by Gasteiger charge is -2.35. The van der Waals surface area contributed by atoms with Gasteiger partial charge in [0.15, 0.2) is 0 Å². The van der Waals surface area contributed by atoms with Crippen molar-refractivity contribution >= 4 is 5.82 Å². The molecule has 1 aromatic rings. The van der Waals surface area contributed by atoms with Gasteiger partial charge in [-0.1, -0.05) is 26.7 Å². The van der Waals surface area contributed by atoms with Crippen molar-refractivity contribution in [1.29, 1.82) is 0 Å². The van der Waals surface area contributed by atoms with Crippen molar-refractivity contribution in [2.24, 2.45) is 11.8 Å². The Morgan fingerprint density at radius 3 is 2.76 bits per heavy atom. The van der Waals surface area contributed by atoms with Gasteiger partial charge in [-0.3, -0.25) is 0 Å². The van der Waals surface area contributed by atoms with Crippen molar-refractivity contribution < 1.29 is 0 Å². The zero-order valence-corrected chi connectivity index (χ0v) is 11.1. The molecule has 0 saturated heterocycles. The Bertz CT molecular complexity index is 362. The molecular weight excluding hydrogens is 210 g/mol. The summed E-state index contributed by atoms with van der Waals surface area (Å²) < 4.78 is 0. The molecular formula is C14H23N3. The van der Waals surface area contributed by atoms with E-state index < -0.39 is 0 Å². The summed E-state index contributed by atoms with van der Waals surface area (Å²) in [5.41, 5.74) is 0. The lowest BCUT2D eigenvalue weighted by molar-refractivity contribution is 0.253. The first-order valence-electron chi connectivity index (χ1n) is 6.73. The molecule has 0 radical (unpaired) electrons. The number of rotatable bonds is 3. The van der Waals surface area contributed by atoms with E-state index in [1.807, 2.05) is 19.2 Å². The van der Waals surface area contributed by atoms with Crippen molar-refractivity contribution in [1.82, 2.24) is 9.97 Å². The molecule has 1 fully saturated rings. The first-order valence-corrected chi connectivity index (χ1v) is 6.73. The Labute approximate surface area is 104 Å². The molecule has 3 nitrogen and oxygen atoms in total. The third-order valence-electron chi connectivity index (χ3n) is 3.79. The molecule has 1 aromatic heterocycles. The molecule has 0 spiro atoms. The van der Waals surface area contributed by atoms with Crippen molar-refractivity contribution in [3.8, 4) is 0 Å². The van der Waals surface area contributed by atoms with Gasteiger partial charge in [-0.05, 0) is 37.7 Å². The van der Waals surface area contributed by atoms with Crippen LogP contribution < -0.4 is 5.32 Å². The molecule has 1 N–H and O–H groups in total. The van der Waals surface area contributed by atoms with E-state index in [9.17, 15) is 0 Å². The summed E-state index contributed by atoms with van der Waals surface area (Å²) in [5, 5.41) is 3.60. The molecule has 94 valence electrons. The maximum atomic E-state index is 4.44. The van der Waals surface area contributed by atoms with E-state index in [2.05, 4.69) is 29.1 Å². The van der Waals surface area contributed by atoms with Gasteiger partial charge in [-0.25, -0.2) is 9.97 Å². The normalized spacial score (nSPS) is 24.9. The molecule has 1 aliphatic carbocycles. The maximum Gasteiger partial charge on any atom is 0.129 e.